The Morgan fingerprint density at radius 3 is 1.30 bits per heavy atom. The number of benzene rings is 2. The van der Waals surface area contributed by atoms with Gasteiger partial charge in [-0.15, -0.1) is 0 Å². The highest BCUT2D eigenvalue weighted by atomic mass is 16.5. The number of nitrogens with zero attached hydrogens (tertiary/aromatic N) is 4. The van der Waals surface area contributed by atoms with Gasteiger partial charge in [0, 0.05) is 0 Å². The molecule has 160 valence electrons. The molecule has 1 aliphatic rings. The molecule has 0 N–H and O–H groups in total. The molecule has 1 fully saturated rings. The van der Waals surface area contributed by atoms with Crippen LogP contribution in [-0.4, -0.2) is 77.1 Å². The summed E-state index contributed by atoms with van der Waals surface area (Å²) in [6.45, 7) is 3.19. The van der Waals surface area contributed by atoms with Crippen molar-refractivity contribution in [3.05, 3.63) is 47.5 Å². The predicted molar refractivity (Wildman–Crippen MR) is 117 cm³/mol. The van der Waals surface area contributed by atoms with Gasteiger partial charge in [-0.25, -0.2) is 0 Å². The SMILES string of the molecule is COc1ccc(/C=N/N2CCN(/N=C/c3ccc(OC)c(OC)c3)CC2)cc1OC. The number of piperazine rings is 1. The Hall–Kier alpha value is -3.42. The molecular formula is C22H28N4O4. The van der Waals surface area contributed by atoms with E-state index >= 15 is 0 Å². The van der Waals surface area contributed by atoms with Crippen LogP contribution in [0.3, 0.4) is 0 Å². The summed E-state index contributed by atoms with van der Waals surface area (Å²) in [5, 5.41) is 13.2. The lowest BCUT2D eigenvalue weighted by atomic mass is 10.2. The average molecular weight is 412 g/mol. The van der Waals surface area contributed by atoms with Gasteiger partial charge in [0.25, 0.3) is 0 Å². The zero-order chi connectivity index (χ0) is 21.3. The fraction of sp³-hybridized carbons (Fsp3) is 0.364. The summed E-state index contributed by atoms with van der Waals surface area (Å²) in [6, 6.07) is 11.5. The van der Waals surface area contributed by atoms with Gasteiger partial charge in [0.2, 0.25) is 0 Å². The van der Waals surface area contributed by atoms with Gasteiger partial charge in [-0.3, -0.25) is 10.0 Å². The smallest absolute Gasteiger partial charge is 0.161 e. The maximum Gasteiger partial charge on any atom is 0.161 e. The minimum absolute atomic E-state index is 0.691. The lowest BCUT2D eigenvalue weighted by Gasteiger charge is -2.31. The van der Waals surface area contributed by atoms with E-state index in [0.29, 0.717) is 23.0 Å². The Labute approximate surface area is 177 Å². The van der Waals surface area contributed by atoms with Crippen molar-refractivity contribution >= 4 is 12.4 Å². The van der Waals surface area contributed by atoms with Gasteiger partial charge in [-0.05, 0) is 47.5 Å². The third-order valence-electron chi connectivity index (χ3n) is 4.79. The quantitative estimate of drug-likeness (QED) is 0.621. The van der Waals surface area contributed by atoms with Gasteiger partial charge in [-0.2, -0.15) is 10.2 Å². The molecule has 2 aromatic carbocycles. The molecule has 0 aromatic heterocycles. The molecule has 0 spiro atoms. The van der Waals surface area contributed by atoms with E-state index in [1.54, 1.807) is 28.4 Å². The van der Waals surface area contributed by atoms with Crippen LogP contribution in [0.2, 0.25) is 0 Å². The molecule has 30 heavy (non-hydrogen) atoms. The summed E-state index contributed by atoms with van der Waals surface area (Å²) in [5.74, 6) is 2.79. The third-order valence-corrected chi connectivity index (χ3v) is 4.79. The summed E-state index contributed by atoms with van der Waals surface area (Å²) in [4.78, 5) is 0. The first-order valence-electron chi connectivity index (χ1n) is 9.68. The Bertz CT molecular complexity index is 819. The second-order valence-corrected chi connectivity index (χ2v) is 6.63. The van der Waals surface area contributed by atoms with Crippen molar-refractivity contribution < 1.29 is 18.9 Å². The van der Waals surface area contributed by atoms with Crippen molar-refractivity contribution in [3.63, 3.8) is 0 Å². The van der Waals surface area contributed by atoms with Crippen molar-refractivity contribution in [2.75, 3.05) is 54.6 Å². The Morgan fingerprint density at radius 2 is 0.967 bits per heavy atom. The average Bonchev–Trinajstić information content (AvgIpc) is 2.81. The second kappa shape index (κ2) is 10.4. The molecule has 1 aliphatic heterocycles. The van der Waals surface area contributed by atoms with Crippen molar-refractivity contribution in [2.45, 2.75) is 0 Å². The Kier molecular flexibility index (Phi) is 7.37. The fourth-order valence-corrected chi connectivity index (χ4v) is 3.08. The highest BCUT2D eigenvalue weighted by Crippen LogP contribution is 2.27. The first-order valence-corrected chi connectivity index (χ1v) is 9.68. The van der Waals surface area contributed by atoms with Gasteiger partial charge in [0.05, 0.1) is 67.0 Å². The molecule has 1 heterocycles. The van der Waals surface area contributed by atoms with E-state index in [9.17, 15) is 0 Å². The molecule has 0 radical (unpaired) electrons. The summed E-state index contributed by atoms with van der Waals surface area (Å²) >= 11 is 0. The number of methoxy groups -OCH3 is 4. The van der Waals surface area contributed by atoms with E-state index in [1.807, 2.05) is 58.8 Å². The minimum atomic E-state index is 0.691. The van der Waals surface area contributed by atoms with E-state index in [4.69, 9.17) is 18.9 Å². The van der Waals surface area contributed by atoms with Crippen LogP contribution in [0.5, 0.6) is 23.0 Å². The molecule has 0 unspecified atom stereocenters. The summed E-state index contributed by atoms with van der Waals surface area (Å²) < 4.78 is 21.2. The number of hydrogen-bond donors (Lipinski definition) is 0. The van der Waals surface area contributed by atoms with Gasteiger partial charge >= 0.3 is 0 Å². The Balaban J connectivity index is 1.53. The molecule has 0 atom stereocenters. The molecule has 0 saturated carbocycles. The predicted octanol–water partition coefficient (Wildman–Crippen LogP) is 2.71. The standard InChI is InChI=1S/C22H28N4O4/c1-27-19-7-5-17(13-21(19)29-3)15-23-25-9-11-26(12-10-25)24-16-18-6-8-20(28-2)22(14-18)30-4/h5-8,13-16H,9-12H2,1-4H3/b23-15+,24-16+. The van der Waals surface area contributed by atoms with Gasteiger partial charge in [-0.1, -0.05) is 0 Å². The summed E-state index contributed by atoms with van der Waals surface area (Å²) in [6.07, 6.45) is 3.68. The minimum Gasteiger partial charge on any atom is -0.493 e. The summed E-state index contributed by atoms with van der Waals surface area (Å²) in [5.41, 5.74) is 1.92. The van der Waals surface area contributed by atoms with Crippen molar-refractivity contribution in [1.29, 1.82) is 0 Å². The van der Waals surface area contributed by atoms with Crippen molar-refractivity contribution in [3.8, 4) is 23.0 Å². The van der Waals surface area contributed by atoms with Crippen LogP contribution in [0, 0.1) is 0 Å². The number of ether oxygens (including phenoxy) is 4. The zero-order valence-corrected chi connectivity index (χ0v) is 17.9. The largest absolute Gasteiger partial charge is 0.493 e. The van der Waals surface area contributed by atoms with Crippen LogP contribution in [0.25, 0.3) is 0 Å². The molecule has 8 heteroatoms. The van der Waals surface area contributed by atoms with Crippen molar-refractivity contribution in [2.24, 2.45) is 10.2 Å². The Morgan fingerprint density at radius 1 is 0.600 bits per heavy atom. The molecule has 0 bridgehead atoms. The van der Waals surface area contributed by atoms with Gasteiger partial charge < -0.3 is 18.9 Å². The van der Waals surface area contributed by atoms with Crippen LogP contribution in [0.4, 0.5) is 0 Å². The molecular weight excluding hydrogens is 384 g/mol. The van der Waals surface area contributed by atoms with Crippen LogP contribution in [-0.2, 0) is 0 Å². The molecule has 2 aromatic rings. The number of rotatable bonds is 8. The molecule has 1 saturated heterocycles. The third kappa shape index (κ3) is 5.34. The highest BCUT2D eigenvalue weighted by Gasteiger charge is 2.13. The monoisotopic (exact) mass is 412 g/mol. The second-order valence-electron chi connectivity index (χ2n) is 6.63. The van der Waals surface area contributed by atoms with E-state index in [1.165, 1.54) is 0 Å². The molecule has 8 nitrogen and oxygen atoms in total. The maximum atomic E-state index is 5.34. The lowest BCUT2D eigenvalue weighted by Crippen LogP contribution is -2.41. The van der Waals surface area contributed by atoms with Crippen LogP contribution >= 0.6 is 0 Å². The lowest BCUT2D eigenvalue weighted by molar-refractivity contribution is 0.141. The van der Waals surface area contributed by atoms with E-state index < -0.39 is 0 Å². The van der Waals surface area contributed by atoms with Gasteiger partial charge in [0.15, 0.2) is 23.0 Å². The summed E-state index contributed by atoms with van der Waals surface area (Å²) in [7, 11) is 6.50. The normalized spacial score (nSPS) is 14.4. The first-order chi connectivity index (χ1) is 14.7. The molecule has 0 amide bonds. The zero-order valence-electron chi connectivity index (χ0n) is 17.9. The highest BCUT2D eigenvalue weighted by molar-refractivity contribution is 5.81. The first kappa shape index (κ1) is 21.3. The number of hydrogen-bond acceptors (Lipinski definition) is 8. The van der Waals surface area contributed by atoms with E-state index in [2.05, 4.69) is 10.2 Å². The topological polar surface area (TPSA) is 68.1 Å². The molecule has 0 aliphatic carbocycles. The van der Waals surface area contributed by atoms with E-state index in [0.717, 1.165) is 37.3 Å². The van der Waals surface area contributed by atoms with Crippen LogP contribution < -0.4 is 18.9 Å². The van der Waals surface area contributed by atoms with E-state index in [-0.39, 0.29) is 0 Å². The maximum absolute atomic E-state index is 5.34. The van der Waals surface area contributed by atoms with Crippen LogP contribution in [0.15, 0.2) is 46.6 Å². The van der Waals surface area contributed by atoms with Gasteiger partial charge in [0.1, 0.15) is 0 Å². The number of hydrazone groups is 2. The van der Waals surface area contributed by atoms with Crippen molar-refractivity contribution in [1.82, 2.24) is 10.0 Å². The fourth-order valence-electron chi connectivity index (χ4n) is 3.08. The van der Waals surface area contributed by atoms with Crippen LogP contribution in [0.1, 0.15) is 11.1 Å². The molecule has 3 rings (SSSR count).